The van der Waals surface area contributed by atoms with Crippen LogP contribution < -0.4 is 10.6 Å². The molecule has 8 heteroatoms. The van der Waals surface area contributed by atoms with E-state index >= 15 is 0 Å². The van der Waals surface area contributed by atoms with Crippen molar-refractivity contribution in [1.82, 2.24) is 15.2 Å². The molecule has 0 spiro atoms. The fourth-order valence-electron chi connectivity index (χ4n) is 4.61. The van der Waals surface area contributed by atoms with Crippen LogP contribution in [0.5, 0.6) is 0 Å². The van der Waals surface area contributed by atoms with Crippen molar-refractivity contribution >= 4 is 40.7 Å². The Bertz CT molecular complexity index is 1410. The topological polar surface area (TPSA) is 70.4 Å². The van der Waals surface area contributed by atoms with Crippen LogP contribution in [0.15, 0.2) is 99.5 Å². The van der Waals surface area contributed by atoms with E-state index in [-0.39, 0.29) is 24.4 Å². The Morgan fingerprint density at radius 1 is 1.08 bits per heavy atom. The summed E-state index contributed by atoms with van der Waals surface area (Å²) in [6.45, 7) is 4.60. The van der Waals surface area contributed by atoms with Crippen molar-refractivity contribution in [2.75, 3.05) is 11.9 Å². The lowest BCUT2D eigenvalue weighted by Gasteiger charge is -2.25. The first-order valence-electron chi connectivity index (χ1n) is 12.7. The van der Waals surface area contributed by atoms with Gasteiger partial charge < -0.3 is 20.0 Å². The molecule has 5 rings (SSSR count). The van der Waals surface area contributed by atoms with Crippen molar-refractivity contribution in [1.29, 1.82) is 0 Å². The molecule has 6 nitrogen and oxygen atoms in total. The largest absolute Gasteiger partial charge is 0.452 e. The molecule has 0 radical (unpaired) electrons. The molecule has 1 amide bonds. The zero-order chi connectivity index (χ0) is 26.5. The van der Waals surface area contributed by atoms with E-state index in [1.54, 1.807) is 18.0 Å². The molecule has 0 bridgehead atoms. The Hall–Kier alpha value is -3.62. The van der Waals surface area contributed by atoms with Crippen molar-refractivity contribution < 1.29 is 9.21 Å². The number of aryl methyl sites for hydroxylation is 2. The van der Waals surface area contributed by atoms with E-state index < -0.39 is 0 Å². The van der Waals surface area contributed by atoms with Gasteiger partial charge in [0.15, 0.2) is 10.2 Å². The zero-order valence-corrected chi connectivity index (χ0v) is 23.0. The second-order valence-electron chi connectivity index (χ2n) is 9.20. The van der Waals surface area contributed by atoms with Crippen LogP contribution in [0, 0.1) is 6.92 Å². The predicted octanol–water partition coefficient (Wildman–Crippen LogP) is 6.70. The van der Waals surface area contributed by atoms with Crippen LogP contribution in [0.1, 0.15) is 48.0 Å². The number of nitrogens with zero attached hydrogens (tertiary/aromatic N) is 2. The summed E-state index contributed by atoms with van der Waals surface area (Å²) in [6, 6.07) is 25.7. The number of nitrogens with one attached hydrogen (secondary N) is 2. The Labute approximate surface area is 232 Å². The highest BCUT2D eigenvalue weighted by Crippen LogP contribution is 2.41. The van der Waals surface area contributed by atoms with Crippen LogP contribution >= 0.6 is 24.0 Å². The number of carbonyl (C=O) groups excluding carboxylic acids is 1. The number of thiocarbonyl (C=S) groups is 1. The molecule has 194 valence electrons. The molecule has 2 aromatic heterocycles. The molecule has 2 N–H and O–H groups in total. The summed E-state index contributed by atoms with van der Waals surface area (Å²) < 4.78 is 6.36. The number of aromatic nitrogens is 1. The molecule has 0 unspecified atom stereocenters. The molecule has 4 aromatic rings. The lowest BCUT2D eigenvalue weighted by atomic mass is 10.0. The standard InChI is InChI=1S/C30H30N4O2S2/c1-3-21-8-4-5-9-23(21)32-26(35)17-19-34-29(28(33-30(34)37)24-10-6-7-18-31-24)25-15-16-27(36-25)38-22-13-11-20(2)12-14-22/h4-16,18,28-29H,3,17,19H2,1-2H3,(H,32,35)(H,33,37)/t28-,29+/m1/s1. The van der Waals surface area contributed by atoms with Gasteiger partial charge in [-0.05, 0) is 73.6 Å². The minimum atomic E-state index is -0.236. The molecule has 2 atom stereocenters. The first-order valence-corrected chi connectivity index (χ1v) is 13.9. The van der Waals surface area contributed by atoms with Crippen LogP contribution in [0.4, 0.5) is 5.69 Å². The quantitative estimate of drug-likeness (QED) is 0.228. The molecule has 3 heterocycles. The van der Waals surface area contributed by atoms with Gasteiger partial charge in [-0.15, -0.1) is 0 Å². The SMILES string of the molecule is CCc1ccccc1NC(=O)CCN1C(=S)N[C@H](c2ccccn2)[C@@H]1c1ccc(Sc2ccc(C)cc2)o1. The highest BCUT2D eigenvalue weighted by Gasteiger charge is 2.41. The normalized spacial score (nSPS) is 16.9. The van der Waals surface area contributed by atoms with Crippen LogP contribution in [0.25, 0.3) is 0 Å². The summed E-state index contributed by atoms with van der Waals surface area (Å²) in [5.74, 6) is 0.725. The fourth-order valence-corrected chi connectivity index (χ4v) is 5.72. The monoisotopic (exact) mass is 542 g/mol. The molecule has 0 aliphatic carbocycles. The van der Waals surface area contributed by atoms with Gasteiger partial charge in [0.25, 0.3) is 0 Å². The number of para-hydroxylation sites is 1. The van der Waals surface area contributed by atoms with E-state index in [0.717, 1.165) is 39.1 Å². The molecule has 1 fully saturated rings. The third-order valence-electron chi connectivity index (χ3n) is 6.58. The highest BCUT2D eigenvalue weighted by molar-refractivity contribution is 7.99. The number of pyridine rings is 1. The highest BCUT2D eigenvalue weighted by atomic mass is 32.2. The Morgan fingerprint density at radius 3 is 2.63 bits per heavy atom. The number of hydrogen-bond acceptors (Lipinski definition) is 5. The van der Waals surface area contributed by atoms with Crippen molar-refractivity contribution in [3.63, 3.8) is 0 Å². The molecule has 0 saturated carbocycles. The van der Waals surface area contributed by atoms with Gasteiger partial charge in [0.1, 0.15) is 11.8 Å². The van der Waals surface area contributed by atoms with E-state index in [0.29, 0.717) is 11.7 Å². The summed E-state index contributed by atoms with van der Waals surface area (Å²) in [4.78, 5) is 20.7. The van der Waals surface area contributed by atoms with Crippen molar-refractivity contribution in [2.24, 2.45) is 0 Å². The maximum Gasteiger partial charge on any atom is 0.226 e. The molecule has 1 aliphatic heterocycles. The van der Waals surface area contributed by atoms with E-state index in [1.807, 2.05) is 59.5 Å². The minimum absolute atomic E-state index is 0.0520. The number of amides is 1. The van der Waals surface area contributed by atoms with E-state index in [1.165, 1.54) is 5.56 Å². The summed E-state index contributed by atoms with van der Waals surface area (Å²) in [5.41, 5.74) is 4.05. The molecular weight excluding hydrogens is 512 g/mol. The smallest absolute Gasteiger partial charge is 0.226 e. The average molecular weight is 543 g/mol. The number of anilines is 1. The Balaban J connectivity index is 1.36. The molecular formula is C30H30N4O2S2. The molecule has 1 aliphatic rings. The second kappa shape index (κ2) is 11.8. The predicted molar refractivity (Wildman–Crippen MR) is 155 cm³/mol. The lowest BCUT2D eigenvalue weighted by molar-refractivity contribution is -0.116. The lowest BCUT2D eigenvalue weighted by Crippen LogP contribution is -2.32. The van der Waals surface area contributed by atoms with Gasteiger partial charge in [-0.2, -0.15) is 0 Å². The third-order valence-corrected chi connectivity index (χ3v) is 7.86. The van der Waals surface area contributed by atoms with E-state index in [2.05, 4.69) is 53.7 Å². The van der Waals surface area contributed by atoms with Crippen molar-refractivity contribution in [3.05, 3.63) is 108 Å². The zero-order valence-electron chi connectivity index (χ0n) is 21.4. The van der Waals surface area contributed by atoms with Crippen LogP contribution in [0.3, 0.4) is 0 Å². The van der Waals surface area contributed by atoms with Gasteiger partial charge in [-0.25, -0.2) is 0 Å². The van der Waals surface area contributed by atoms with Crippen LogP contribution in [-0.2, 0) is 11.2 Å². The van der Waals surface area contributed by atoms with Crippen LogP contribution in [-0.4, -0.2) is 27.4 Å². The average Bonchev–Trinajstić information content (AvgIpc) is 3.53. The van der Waals surface area contributed by atoms with Gasteiger partial charge in [-0.1, -0.05) is 60.6 Å². The van der Waals surface area contributed by atoms with Gasteiger partial charge in [0, 0.05) is 29.7 Å². The van der Waals surface area contributed by atoms with E-state index in [9.17, 15) is 4.79 Å². The summed E-state index contributed by atoms with van der Waals surface area (Å²) in [7, 11) is 0. The third kappa shape index (κ3) is 5.92. The molecule has 2 aromatic carbocycles. The Morgan fingerprint density at radius 2 is 1.87 bits per heavy atom. The Kier molecular flexibility index (Phi) is 8.10. The van der Waals surface area contributed by atoms with Crippen molar-refractivity contribution in [3.8, 4) is 0 Å². The van der Waals surface area contributed by atoms with Crippen molar-refractivity contribution in [2.45, 2.75) is 48.8 Å². The maximum absolute atomic E-state index is 12.9. The van der Waals surface area contributed by atoms with Gasteiger partial charge in [-0.3, -0.25) is 9.78 Å². The summed E-state index contributed by atoms with van der Waals surface area (Å²) in [6.07, 6.45) is 2.92. The number of benzene rings is 2. The molecule has 1 saturated heterocycles. The number of hydrogen-bond donors (Lipinski definition) is 2. The number of rotatable bonds is 9. The number of furan rings is 1. The molecule has 38 heavy (non-hydrogen) atoms. The minimum Gasteiger partial charge on any atom is -0.452 e. The van der Waals surface area contributed by atoms with E-state index in [4.69, 9.17) is 16.6 Å². The first kappa shape index (κ1) is 26.0. The maximum atomic E-state index is 12.9. The number of carbonyl (C=O) groups is 1. The van der Waals surface area contributed by atoms with Gasteiger partial charge in [0.2, 0.25) is 5.91 Å². The summed E-state index contributed by atoms with van der Waals surface area (Å²) in [5, 5.41) is 7.87. The fraction of sp³-hybridized carbons (Fsp3) is 0.233. The van der Waals surface area contributed by atoms with Gasteiger partial charge in [0.05, 0.1) is 11.7 Å². The first-order chi connectivity index (χ1) is 18.5. The van der Waals surface area contributed by atoms with Gasteiger partial charge >= 0.3 is 0 Å². The second-order valence-corrected chi connectivity index (χ2v) is 10.7. The summed E-state index contributed by atoms with van der Waals surface area (Å²) >= 11 is 7.33. The van der Waals surface area contributed by atoms with Crippen LogP contribution in [0.2, 0.25) is 0 Å².